The first-order valence-corrected chi connectivity index (χ1v) is 14.3. The summed E-state index contributed by atoms with van der Waals surface area (Å²) in [6.07, 6.45) is 5.01. The van der Waals surface area contributed by atoms with Crippen LogP contribution >= 0.6 is 0 Å². The summed E-state index contributed by atoms with van der Waals surface area (Å²) >= 11 is 0. The maximum Gasteiger partial charge on any atom is 0.416 e. The van der Waals surface area contributed by atoms with Crippen LogP contribution in [0.15, 0.2) is 42.7 Å². The summed E-state index contributed by atoms with van der Waals surface area (Å²) in [6, 6.07) is 10.1. The van der Waals surface area contributed by atoms with Crippen molar-refractivity contribution in [2.24, 2.45) is 12.5 Å². The molecule has 2 aromatic carbocycles. The molecule has 41 heavy (non-hydrogen) atoms. The minimum Gasteiger partial charge on any atom is -0.380 e. The van der Waals surface area contributed by atoms with Gasteiger partial charge in [-0.25, -0.2) is 0 Å². The molecule has 1 amide bonds. The Morgan fingerprint density at radius 2 is 1.80 bits per heavy atom. The number of hydrogen-bond donors (Lipinski definition) is 1. The summed E-state index contributed by atoms with van der Waals surface area (Å²) in [6.45, 7) is 4.39. The monoisotopic (exact) mass is 567 g/mol. The number of nitrogens with zero attached hydrogens (tertiary/aromatic N) is 4. The number of rotatable bonds is 6. The summed E-state index contributed by atoms with van der Waals surface area (Å²) in [5, 5.41) is 11.3. The number of halogens is 3. The average molecular weight is 568 g/mol. The van der Waals surface area contributed by atoms with Crippen LogP contribution in [-0.4, -0.2) is 39.4 Å². The normalized spacial score (nSPS) is 20.0. The lowest BCUT2D eigenvalue weighted by Gasteiger charge is -2.48. The highest BCUT2D eigenvalue weighted by atomic mass is 19.4. The minimum absolute atomic E-state index is 0.0369. The molecule has 2 aliphatic heterocycles. The third-order valence-electron chi connectivity index (χ3n) is 9.20. The van der Waals surface area contributed by atoms with Gasteiger partial charge in [-0.3, -0.25) is 4.79 Å². The number of amides is 1. The summed E-state index contributed by atoms with van der Waals surface area (Å²) in [5.41, 5.74) is 2.05. The van der Waals surface area contributed by atoms with Crippen molar-refractivity contribution >= 4 is 11.6 Å². The highest BCUT2D eigenvalue weighted by molar-refractivity contribution is 6.10. The summed E-state index contributed by atoms with van der Waals surface area (Å²) in [5.74, 6) is 0.345. The SMILES string of the molecule is C1CC2(C1)COC2.Cn1cnnc1Cc1cccc(N2Cc3c(cc(CNC4(C)CCC4)cc3C(F)(F)F)C2=O)c1. The molecule has 0 bridgehead atoms. The number of alkyl halides is 3. The minimum atomic E-state index is -4.54. The summed E-state index contributed by atoms with van der Waals surface area (Å²) < 4.78 is 48.8. The van der Waals surface area contributed by atoms with Crippen LogP contribution in [0.1, 0.15) is 83.9 Å². The van der Waals surface area contributed by atoms with Gasteiger partial charge in [0.1, 0.15) is 12.2 Å². The summed E-state index contributed by atoms with van der Waals surface area (Å²) in [4.78, 5) is 14.7. The maximum absolute atomic E-state index is 14.0. The second kappa shape index (κ2) is 10.5. The standard InChI is InChI=1S/C25H26F3N5O.C6H10O/c1-24(7-4-8-24)29-13-17-10-19-20(21(11-17)25(26,27)28)14-33(23(19)34)18-6-3-5-16(9-18)12-22-31-30-15-32(22)2;1-2-6(3-1)4-7-5-6/h3,5-6,9-11,15,29H,4,7-8,12-14H2,1-2H3;1-5H2. The third kappa shape index (κ3) is 5.64. The van der Waals surface area contributed by atoms with Crippen molar-refractivity contribution in [3.8, 4) is 0 Å². The van der Waals surface area contributed by atoms with Gasteiger partial charge in [-0.15, -0.1) is 10.2 Å². The van der Waals surface area contributed by atoms with Crippen LogP contribution in [0, 0.1) is 5.41 Å². The number of fused-ring (bicyclic) bond motifs is 1. The lowest BCUT2D eigenvalue weighted by molar-refractivity contribution is -0.155. The Morgan fingerprint density at radius 3 is 2.34 bits per heavy atom. The van der Waals surface area contributed by atoms with E-state index in [9.17, 15) is 18.0 Å². The van der Waals surface area contributed by atoms with Crippen LogP contribution in [0.4, 0.5) is 18.9 Å². The molecule has 1 N–H and O–H groups in total. The smallest absolute Gasteiger partial charge is 0.380 e. The van der Waals surface area contributed by atoms with E-state index >= 15 is 0 Å². The Morgan fingerprint density at radius 1 is 1.05 bits per heavy atom. The molecule has 2 aliphatic carbocycles. The second-order valence-electron chi connectivity index (χ2n) is 12.4. The van der Waals surface area contributed by atoms with E-state index in [1.54, 1.807) is 29.1 Å². The van der Waals surface area contributed by atoms with Crippen LogP contribution in [0.3, 0.4) is 0 Å². The van der Waals surface area contributed by atoms with E-state index in [2.05, 4.69) is 22.4 Å². The fourth-order valence-electron chi connectivity index (χ4n) is 6.07. The molecule has 1 spiro atoms. The van der Waals surface area contributed by atoms with Gasteiger partial charge in [0, 0.05) is 42.2 Å². The van der Waals surface area contributed by atoms with E-state index in [1.165, 1.54) is 30.2 Å². The van der Waals surface area contributed by atoms with Gasteiger partial charge in [0.25, 0.3) is 5.91 Å². The number of hydrogen-bond acceptors (Lipinski definition) is 5. The van der Waals surface area contributed by atoms with Gasteiger partial charge in [0.05, 0.1) is 25.3 Å². The summed E-state index contributed by atoms with van der Waals surface area (Å²) in [7, 11) is 1.84. The van der Waals surface area contributed by atoms with Crippen LogP contribution in [0.25, 0.3) is 0 Å². The Kier molecular flexibility index (Phi) is 7.18. The molecule has 0 atom stereocenters. The highest BCUT2D eigenvalue weighted by Gasteiger charge is 2.43. The fraction of sp³-hybridized carbons (Fsp3) is 0.516. The number of carbonyl (C=O) groups excluding carboxylic acids is 1. The van der Waals surface area contributed by atoms with Crippen molar-refractivity contribution in [1.82, 2.24) is 20.1 Å². The maximum atomic E-state index is 14.0. The molecule has 3 aromatic rings. The Bertz CT molecular complexity index is 1420. The zero-order valence-corrected chi connectivity index (χ0v) is 23.6. The van der Waals surface area contributed by atoms with Gasteiger partial charge >= 0.3 is 6.18 Å². The molecule has 2 saturated carbocycles. The first kappa shape index (κ1) is 27.9. The lowest BCUT2D eigenvalue weighted by Crippen LogP contribution is -2.47. The van der Waals surface area contributed by atoms with Gasteiger partial charge in [-0.2, -0.15) is 13.2 Å². The van der Waals surface area contributed by atoms with Gasteiger partial charge in [0.15, 0.2) is 0 Å². The van der Waals surface area contributed by atoms with Gasteiger partial charge in [-0.05, 0) is 80.0 Å². The van der Waals surface area contributed by atoms with Crippen molar-refractivity contribution in [2.75, 3.05) is 18.1 Å². The molecule has 1 saturated heterocycles. The molecule has 4 aliphatic rings. The largest absolute Gasteiger partial charge is 0.416 e. The number of carbonyl (C=O) groups is 1. The molecule has 0 radical (unpaired) electrons. The van der Waals surface area contributed by atoms with Crippen molar-refractivity contribution in [3.05, 3.63) is 76.4 Å². The Balaban J connectivity index is 0.000000372. The van der Waals surface area contributed by atoms with E-state index in [-0.39, 0.29) is 23.2 Å². The van der Waals surface area contributed by atoms with E-state index in [1.807, 2.05) is 19.2 Å². The Hall–Kier alpha value is -3.24. The molecule has 7 nitrogen and oxygen atoms in total. The van der Waals surface area contributed by atoms with E-state index < -0.39 is 17.6 Å². The topological polar surface area (TPSA) is 72.3 Å². The lowest BCUT2D eigenvalue weighted by atomic mass is 9.67. The van der Waals surface area contributed by atoms with Crippen LogP contribution in [0.2, 0.25) is 0 Å². The Labute approximate surface area is 238 Å². The number of anilines is 1. The van der Waals surface area contributed by atoms with Gasteiger partial charge in [-0.1, -0.05) is 18.6 Å². The molecular formula is C31H36F3N5O2. The molecular weight excluding hydrogens is 531 g/mol. The molecule has 10 heteroatoms. The fourth-order valence-corrected chi connectivity index (χ4v) is 6.07. The van der Waals surface area contributed by atoms with E-state index in [0.29, 0.717) is 24.2 Å². The van der Waals surface area contributed by atoms with Gasteiger partial charge < -0.3 is 19.5 Å². The second-order valence-corrected chi connectivity index (χ2v) is 12.4. The molecule has 0 unspecified atom stereocenters. The number of aromatic nitrogens is 3. The van der Waals surface area contributed by atoms with E-state index in [0.717, 1.165) is 49.3 Å². The van der Waals surface area contributed by atoms with Crippen LogP contribution < -0.4 is 10.2 Å². The van der Waals surface area contributed by atoms with Crippen molar-refractivity contribution in [3.63, 3.8) is 0 Å². The average Bonchev–Trinajstić information content (AvgIpc) is 3.41. The zero-order valence-electron chi connectivity index (χ0n) is 23.6. The van der Waals surface area contributed by atoms with Gasteiger partial charge in [0.2, 0.25) is 0 Å². The zero-order chi connectivity index (χ0) is 28.8. The number of nitrogens with one attached hydrogen (secondary N) is 1. The van der Waals surface area contributed by atoms with Crippen LogP contribution in [-0.2, 0) is 37.5 Å². The van der Waals surface area contributed by atoms with E-state index in [4.69, 9.17) is 4.74 Å². The molecule has 3 heterocycles. The van der Waals surface area contributed by atoms with Crippen molar-refractivity contribution in [2.45, 2.75) is 76.7 Å². The predicted octanol–water partition coefficient (Wildman–Crippen LogP) is 5.80. The first-order chi connectivity index (χ1) is 19.5. The number of ether oxygens (including phenoxy) is 1. The first-order valence-electron chi connectivity index (χ1n) is 14.3. The number of aryl methyl sites for hydroxylation is 1. The molecule has 7 rings (SSSR count). The predicted molar refractivity (Wildman–Crippen MR) is 148 cm³/mol. The molecule has 3 fully saturated rings. The highest BCUT2D eigenvalue weighted by Crippen LogP contribution is 2.46. The number of benzene rings is 2. The van der Waals surface area contributed by atoms with Crippen molar-refractivity contribution < 1.29 is 22.7 Å². The quantitative estimate of drug-likeness (QED) is 0.408. The molecule has 1 aromatic heterocycles. The third-order valence-corrected chi connectivity index (χ3v) is 9.20. The molecule has 218 valence electrons. The van der Waals surface area contributed by atoms with Crippen LogP contribution in [0.5, 0.6) is 0 Å². The van der Waals surface area contributed by atoms with Crippen molar-refractivity contribution in [1.29, 1.82) is 0 Å².